The summed E-state index contributed by atoms with van der Waals surface area (Å²) in [5.74, 6) is -0.785. The van der Waals surface area contributed by atoms with E-state index in [0.29, 0.717) is 25.9 Å². The summed E-state index contributed by atoms with van der Waals surface area (Å²) in [5, 5.41) is 11.7. The molecule has 4 nitrogen and oxygen atoms in total. The van der Waals surface area contributed by atoms with Gasteiger partial charge in [-0.05, 0) is 29.2 Å². The topological polar surface area (TPSA) is 56.3 Å². The van der Waals surface area contributed by atoms with Gasteiger partial charge in [-0.15, -0.1) is 0 Å². The predicted octanol–water partition coefficient (Wildman–Crippen LogP) is 5.65. The van der Waals surface area contributed by atoms with Gasteiger partial charge in [-0.2, -0.15) is 0 Å². The first-order valence-electron chi connectivity index (χ1n) is 10.7. The smallest absolute Gasteiger partial charge is 0.324 e. The van der Waals surface area contributed by atoms with Crippen LogP contribution < -0.4 is 0 Å². The Kier molecular flexibility index (Phi) is 6.19. The number of nitrogens with one attached hydrogen (secondary N) is 1. The molecule has 0 aliphatic rings. The van der Waals surface area contributed by atoms with Crippen molar-refractivity contribution in [2.24, 2.45) is 0 Å². The summed E-state index contributed by atoms with van der Waals surface area (Å²) in [5.41, 5.74) is 3.25. The van der Waals surface area contributed by atoms with Crippen molar-refractivity contribution in [1.29, 1.82) is 0 Å². The first-order chi connectivity index (χ1) is 15.1. The van der Waals surface area contributed by atoms with Crippen LogP contribution in [0.15, 0.2) is 91.1 Å². The quantitative estimate of drug-likeness (QED) is 0.374. The third-order valence-electron chi connectivity index (χ3n) is 6.18. The number of hydrogen-bond donors (Lipinski definition) is 2. The van der Waals surface area contributed by atoms with E-state index in [9.17, 15) is 9.90 Å². The lowest BCUT2D eigenvalue weighted by molar-refractivity contribution is -0.153. The molecular formula is C27H28N2O2. The Morgan fingerprint density at radius 1 is 0.871 bits per heavy atom. The van der Waals surface area contributed by atoms with Gasteiger partial charge < -0.3 is 10.1 Å². The maximum atomic E-state index is 12.9. The Morgan fingerprint density at radius 2 is 1.42 bits per heavy atom. The molecule has 1 heterocycles. The number of hydrogen-bond acceptors (Lipinski definition) is 2. The second-order valence-corrected chi connectivity index (χ2v) is 8.05. The van der Waals surface area contributed by atoms with Gasteiger partial charge in [-0.25, -0.2) is 0 Å². The van der Waals surface area contributed by atoms with Crippen molar-refractivity contribution in [3.63, 3.8) is 0 Å². The van der Waals surface area contributed by atoms with E-state index >= 15 is 0 Å². The largest absolute Gasteiger partial charge is 0.480 e. The number of aromatic nitrogens is 1. The standard InChI is InChI=1S/C27H28N2O2/c1-2-27(26(30)31,17-23-18-28-25-16-10-9-15-24(23)25)29(19-21-11-5-3-6-12-21)20-22-13-7-4-8-14-22/h3-16,18,28H,2,17,19-20H2,1H3,(H,30,31)/t27-/m0/s1. The Balaban J connectivity index is 1.76. The normalized spacial score (nSPS) is 13.4. The van der Waals surface area contributed by atoms with Crippen LogP contribution in [0.3, 0.4) is 0 Å². The molecule has 0 saturated heterocycles. The van der Waals surface area contributed by atoms with Crippen LogP contribution in [0, 0.1) is 0 Å². The first-order valence-corrected chi connectivity index (χ1v) is 10.7. The maximum absolute atomic E-state index is 12.9. The molecule has 0 aliphatic heterocycles. The van der Waals surface area contributed by atoms with Gasteiger partial charge in [0.15, 0.2) is 0 Å². The molecule has 0 fully saturated rings. The third-order valence-corrected chi connectivity index (χ3v) is 6.18. The second kappa shape index (κ2) is 9.19. The third kappa shape index (κ3) is 4.39. The predicted molar refractivity (Wildman–Crippen MR) is 125 cm³/mol. The van der Waals surface area contributed by atoms with Crippen LogP contribution in [-0.2, 0) is 24.3 Å². The van der Waals surface area contributed by atoms with Gasteiger partial charge in [-0.3, -0.25) is 9.69 Å². The van der Waals surface area contributed by atoms with Crippen LogP contribution in [0.2, 0.25) is 0 Å². The number of para-hydroxylation sites is 1. The van der Waals surface area contributed by atoms with E-state index in [1.165, 1.54) is 0 Å². The number of rotatable bonds is 9. The molecule has 3 aromatic carbocycles. The molecule has 158 valence electrons. The number of fused-ring (bicyclic) bond motifs is 1. The van der Waals surface area contributed by atoms with Gasteiger partial charge in [0.05, 0.1) is 0 Å². The number of carboxylic acid groups (broad SMARTS) is 1. The van der Waals surface area contributed by atoms with Crippen LogP contribution in [0.25, 0.3) is 10.9 Å². The molecule has 4 heteroatoms. The molecule has 1 aromatic heterocycles. The summed E-state index contributed by atoms with van der Waals surface area (Å²) < 4.78 is 0. The summed E-state index contributed by atoms with van der Waals surface area (Å²) in [7, 11) is 0. The van der Waals surface area contributed by atoms with Crippen molar-refractivity contribution >= 4 is 16.9 Å². The van der Waals surface area contributed by atoms with E-state index in [2.05, 4.69) is 40.2 Å². The number of carboxylic acids is 1. The van der Waals surface area contributed by atoms with Crippen LogP contribution in [0.4, 0.5) is 0 Å². The molecule has 0 bridgehead atoms. The highest BCUT2D eigenvalue weighted by Crippen LogP contribution is 2.32. The van der Waals surface area contributed by atoms with Gasteiger partial charge >= 0.3 is 5.97 Å². The molecule has 0 radical (unpaired) electrons. The molecule has 0 saturated carbocycles. The molecule has 2 N–H and O–H groups in total. The Labute approximate surface area is 183 Å². The van der Waals surface area contributed by atoms with Crippen LogP contribution in [0.5, 0.6) is 0 Å². The minimum Gasteiger partial charge on any atom is -0.480 e. The van der Waals surface area contributed by atoms with E-state index in [1.54, 1.807) is 0 Å². The summed E-state index contributed by atoms with van der Waals surface area (Å²) in [6, 6.07) is 28.3. The van der Waals surface area contributed by atoms with E-state index in [1.807, 2.05) is 67.7 Å². The van der Waals surface area contributed by atoms with E-state index in [4.69, 9.17) is 0 Å². The fraction of sp³-hybridized carbons (Fsp3) is 0.222. The van der Waals surface area contributed by atoms with Crippen LogP contribution >= 0.6 is 0 Å². The summed E-state index contributed by atoms with van der Waals surface area (Å²) in [6.45, 7) is 3.11. The minimum absolute atomic E-state index is 0.433. The van der Waals surface area contributed by atoms with Gasteiger partial charge in [0.2, 0.25) is 0 Å². The monoisotopic (exact) mass is 412 g/mol. The van der Waals surface area contributed by atoms with Crippen LogP contribution in [0.1, 0.15) is 30.0 Å². The zero-order valence-corrected chi connectivity index (χ0v) is 17.8. The zero-order chi connectivity index (χ0) is 21.7. The highest BCUT2D eigenvalue weighted by Gasteiger charge is 2.43. The van der Waals surface area contributed by atoms with Gasteiger partial charge in [0, 0.05) is 36.6 Å². The van der Waals surface area contributed by atoms with Gasteiger partial charge in [0.1, 0.15) is 5.54 Å². The van der Waals surface area contributed by atoms with E-state index < -0.39 is 11.5 Å². The maximum Gasteiger partial charge on any atom is 0.324 e. The highest BCUT2D eigenvalue weighted by atomic mass is 16.4. The minimum atomic E-state index is -1.03. The van der Waals surface area contributed by atoms with Crippen molar-refractivity contribution in [3.8, 4) is 0 Å². The Bertz CT molecular complexity index is 1100. The first kappa shape index (κ1) is 20.9. The van der Waals surface area contributed by atoms with Crippen molar-refractivity contribution in [2.45, 2.75) is 38.4 Å². The molecule has 1 atom stereocenters. The number of aromatic amines is 1. The summed E-state index contributed by atoms with van der Waals surface area (Å²) in [4.78, 5) is 18.3. The molecule has 0 amide bonds. The molecule has 4 aromatic rings. The number of nitrogens with zero attached hydrogens (tertiary/aromatic N) is 1. The summed E-state index contributed by atoms with van der Waals surface area (Å²) in [6.07, 6.45) is 2.89. The number of H-pyrrole nitrogens is 1. The lowest BCUT2D eigenvalue weighted by Crippen LogP contribution is -2.55. The van der Waals surface area contributed by atoms with Crippen molar-refractivity contribution < 1.29 is 9.90 Å². The molecule has 0 aliphatic carbocycles. The number of aliphatic carboxylic acids is 1. The lowest BCUT2D eigenvalue weighted by atomic mass is 9.85. The average Bonchev–Trinajstić information content (AvgIpc) is 3.21. The summed E-state index contributed by atoms with van der Waals surface area (Å²) >= 11 is 0. The number of carbonyl (C=O) groups is 1. The Morgan fingerprint density at radius 3 is 1.97 bits per heavy atom. The molecule has 4 rings (SSSR count). The molecule has 31 heavy (non-hydrogen) atoms. The highest BCUT2D eigenvalue weighted by molar-refractivity contribution is 5.85. The molecule has 0 unspecified atom stereocenters. The van der Waals surface area contributed by atoms with Crippen LogP contribution in [-0.4, -0.2) is 26.5 Å². The second-order valence-electron chi connectivity index (χ2n) is 8.05. The van der Waals surface area contributed by atoms with Crippen molar-refractivity contribution in [2.75, 3.05) is 0 Å². The fourth-order valence-electron chi connectivity index (χ4n) is 4.38. The lowest BCUT2D eigenvalue weighted by Gasteiger charge is -2.40. The number of benzene rings is 3. The van der Waals surface area contributed by atoms with E-state index in [0.717, 1.165) is 27.6 Å². The molecular weight excluding hydrogens is 384 g/mol. The Hall–Kier alpha value is -3.37. The fourth-order valence-corrected chi connectivity index (χ4v) is 4.38. The zero-order valence-electron chi connectivity index (χ0n) is 17.8. The van der Waals surface area contributed by atoms with E-state index in [-0.39, 0.29) is 0 Å². The van der Waals surface area contributed by atoms with Gasteiger partial charge in [0.25, 0.3) is 0 Å². The molecule has 0 spiro atoms. The SMILES string of the molecule is CC[C@](Cc1c[nH]c2ccccc12)(C(=O)O)N(Cc1ccccc1)Cc1ccccc1. The van der Waals surface area contributed by atoms with Crippen molar-refractivity contribution in [1.82, 2.24) is 9.88 Å². The van der Waals surface area contributed by atoms with Crippen molar-refractivity contribution in [3.05, 3.63) is 108 Å². The average molecular weight is 413 g/mol. The van der Waals surface area contributed by atoms with Gasteiger partial charge in [-0.1, -0.05) is 85.8 Å².